The monoisotopic (exact) mass is 262 g/mol. The zero-order valence-corrected chi connectivity index (χ0v) is 11.3. The van der Waals surface area contributed by atoms with Crippen LogP contribution in [-0.2, 0) is 11.3 Å². The Labute approximate surface area is 111 Å². The summed E-state index contributed by atoms with van der Waals surface area (Å²) >= 11 is 0. The fourth-order valence-electron chi connectivity index (χ4n) is 1.93. The summed E-state index contributed by atoms with van der Waals surface area (Å²) in [6, 6.07) is 5.55. The number of nitrogens with one attached hydrogen (secondary N) is 1. The highest BCUT2D eigenvalue weighted by molar-refractivity contribution is 5.83. The van der Waals surface area contributed by atoms with Crippen LogP contribution in [0, 0.1) is 0 Å². The van der Waals surface area contributed by atoms with Crippen LogP contribution >= 0.6 is 0 Å². The molecule has 1 amide bonds. The van der Waals surface area contributed by atoms with Gasteiger partial charge in [-0.2, -0.15) is 0 Å². The molecule has 0 unspecified atom stereocenters. The molecule has 0 radical (unpaired) electrons. The zero-order chi connectivity index (χ0) is 14.0. The summed E-state index contributed by atoms with van der Waals surface area (Å²) < 4.78 is 6.85. The quantitative estimate of drug-likeness (QED) is 0.866. The molecule has 0 bridgehead atoms. The van der Waals surface area contributed by atoms with Gasteiger partial charge in [-0.1, -0.05) is 0 Å². The number of hydrogen-bond donors (Lipinski definition) is 2. The van der Waals surface area contributed by atoms with Crippen molar-refractivity contribution in [2.75, 3.05) is 12.8 Å². The predicted octanol–water partition coefficient (Wildman–Crippen LogP) is 1.15. The molecule has 3 N–H and O–H groups in total. The number of rotatable bonds is 4. The largest absolute Gasteiger partial charge is 0.497 e. The predicted molar refractivity (Wildman–Crippen MR) is 74.0 cm³/mol. The molecule has 0 saturated carbocycles. The Kier molecular flexibility index (Phi) is 3.59. The van der Waals surface area contributed by atoms with Crippen molar-refractivity contribution in [1.82, 2.24) is 14.9 Å². The maximum absolute atomic E-state index is 11.8. The van der Waals surface area contributed by atoms with E-state index in [-0.39, 0.29) is 18.5 Å². The molecule has 2 rings (SSSR count). The molecule has 0 aliphatic carbocycles. The third kappa shape index (κ3) is 2.78. The molecule has 0 fully saturated rings. The highest BCUT2D eigenvalue weighted by Crippen LogP contribution is 2.22. The number of nitrogen functional groups attached to an aromatic ring is 1. The maximum atomic E-state index is 11.8. The van der Waals surface area contributed by atoms with Crippen LogP contribution in [0.25, 0.3) is 11.0 Å². The molecule has 1 heterocycles. The number of imidazole rings is 1. The minimum atomic E-state index is -0.0937. The van der Waals surface area contributed by atoms with E-state index in [2.05, 4.69) is 10.3 Å². The Hall–Kier alpha value is -2.24. The number of hydrogen-bond acceptors (Lipinski definition) is 4. The number of carbonyl (C=O) groups excluding carboxylic acids is 1. The van der Waals surface area contributed by atoms with Crippen molar-refractivity contribution in [2.24, 2.45) is 0 Å². The van der Waals surface area contributed by atoms with Crippen molar-refractivity contribution >= 4 is 22.9 Å². The van der Waals surface area contributed by atoms with Crippen LogP contribution in [0.2, 0.25) is 0 Å². The van der Waals surface area contributed by atoms with Gasteiger partial charge in [0.2, 0.25) is 11.9 Å². The summed E-state index contributed by atoms with van der Waals surface area (Å²) in [5.74, 6) is 0.934. The van der Waals surface area contributed by atoms with E-state index in [1.807, 2.05) is 32.0 Å². The molecule has 6 nitrogen and oxygen atoms in total. The summed E-state index contributed by atoms with van der Waals surface area (Å²) in [6.45, 7) is 3.97. The van der Waals surface area contributed by atoms with Gasteiger partial charge in [-0.15, -0.1) is 0 Å². The van der Waals surface area contributed by atoms with Crippen molar-refractivity contribution in [3.8, 4) is 5.75 Å². The SMILES string of the molecule is COc1ccc2nc(N)n(CC(=O)NC(C)C)c2c1. The van der Waals surface area contributed by atoms with Crippen LogP contribution in [0.1, 0.15) is 13.8 Å². The fourth-order valence-corrected chi connectivity index (χ4v) is 1.93. The van der Waals surface area contributed by atoms with E-state index in [0.717, 1.165) is 11.0 Å². The second-order valence-corrected chi connectivity index (χ2v) is 4.63. The summed E-state index contributed by atoms with van der Waals surface area (Å²) in [4.78, 5) is 16.1. The lowest BCUT2D eigenvalue weighted by atomic mass is 10.3. The number of aromatic nitrogens is 2. The first-order chi connectivity index (χ1) is 9.01. The second-order valence-electron chi connectivity index (χ2n) is 4.63. The molecule has 19 heavy (non-hydrogen) atoms. The second kappa shape index (κ2) is 5.17. The molecule has 102 valence electrons. The first-order valence-electron chi connectivity index (χ1n) is 6.10. The van der Waals surface area contributed by atoms with Crippen LogP contribution in [0.4, 0.5) is 5.95 Å². The number of ether oxygens (including phenoxy) is 1. The average molecular weight is 262 g/mol. The van der Waals surface area contributed by atoms with E-state index >= 15 is 0 Å². The third-order valence-electron chi connectivity index (χ3n) is 2.74. The number of amides is 1. The molecule has 6 heteroatoms. The van der Waals surface area contributed by atoms with Crippen molar-refractivity contribution in [3.63, 3.8) is 0 Å². The first-order valence-corrected chi connectivity index (χ1v) is 6.10. The molecule has 2 aromatic rings. The number of carbonyl (C=O) groups is 1. The Morgan fingerprint density at radius 2 is 2.26 bits per heavy atom. The molecular weight excluding hydrogens is 244 g/mol. The van der Waals surface area contributed by atoms with E-state index in [4.69, 9.17) is 10.5 Å². The van der Waals surface area contributed by atoms with Gasteiger partial charge in [-0.25, -0.2) is 4.98 Å². The minimum Gasteiger partial charge on any atom is -0.497 e. The fraction of sp³-hybridized carbons (Fsp3) is 0.385. The number of benzene rings is 1. The van der Waals surface area contributed by atoms with Gasteiger partial charge in [0.25, 0.3) is 0 Å². The molecule has 0 aliphatic heterocycles. The highest BCUT2D eigenvalue weighted by atomic mass is 16.5. The van der Waals surface area contributed by atoms with Gasteiger partial charge in [0.15, 0.2) is 0 Å². The van der Waals surface area contributed by atoms with Crippen LogP contribution < -0.4 is 15.8 Å². The van der Waals surface area contributed by atoms with E-state index in [0.29, 0.717) is 11.7 Å². The molecule has 0 spiro atoms. The Morgan fingerprint density at radius 3 is 2.89 bits per heavy atom. The first kappa shape index (κ1) is 13.2. The van der Waals surface area contributed by atoms with Crippen molar-refractivity contribution in [1.29, 1.82) is 0 Å². The van der Waals surface area contributed by atoms with Crippen LogP contribution in [0.5, 0.6) is 5.75 Å². The molecule has 0 aliphatic rings. The minimum absolute atomic E-state index is 0.0937. The van der Waals surface area contributed by atoms with Gasteiger partial charge in [0.1, 0.15) is 12.3 Å². The summed E-state index contributed by atoms with van der Waals surface area (Å²) in [6.07, 6.45) is 0. The average Bonchev–Trinajstić information content (AvgIpc) is 2.64. The van der Waals surface area contributed by atoms with E-state index in [1.54, 1.807) is 11.7 Å². The van der Waals surface area contributed by atoms with Crippen molar-refractivity contribution in [3.05, 3.63) is 18.2 Å². The number of anilines is 1. The van der Waals surface area contributed by atoms with Crippen molar-refractivity contribution < 1.29 is 9.53 Å². The highest BCUT2D eigenvalue weighted by Gasteiger charge is 2.12. The Morgan fingerprint density at radius 1 is 1.53 bits per heavy atom. The number of nitrogens with two attached hydrogens (primary N) is 1. The van der Waals surface area contributed by atoms with E-state index in [1.165, 1.54) is 0 Å². The van der Waals surface area contributed by atoms with Gasteiger partial charge < -0.3 is 20.4 Å². The lowest BCUT2D eigenvalue weighted by Crippen LogP contribution is -2.33. The van der Waals surface area contributed by atoms with Gasteiger partial charge in [-0.3, -0.25) is 4.79 Å². The van der Waals surface area contributed by atoms with E-state index < -0.39 is 0 Å². The third-order valence-corrected chi connectivity index (χ3v) is 2.74. The van der Waals surface area contributed by atoms with Crippen LogP contribution in [-0.4, -0.2) is 28.6 Å². The van der Waals surface area contributed by atoms with Gasteiger partial charge >= 0.3 is 0 Å². The topological polar surface area (TPSA) is 82.2 Å². The molecule has 0 saturated heterocycles. The van der Waals surface area contributed by atoms with E-state index in [9.17, 15) is 4.79 Å². The number of fused-ring (bicyclic) bond motifs is 1. The van der Waals surface area contributed by atoms with Gasteiger partial charge in [-0.05, 0) is 26.0 Å². The molecule has 0 atom stereocenters. The molecule has 1 aromatic carbocycles. The molecular formula is C13H18N4O2. The standard InChI is InChI=1S/C13H18N4O2/c1-8(2)15-12(18)7-17-11-6-9(19-3)4-5-10(11)16-13(17)14/h4-6,8H,7H2,1-3H3,(H2,14,16)(H,15,18). The summed E-state index contributed by atoms with van der Waals surface area (Å²) in [5, 5.41) is 2.83. The van der Waals surface area contributed by atoms with Crippen LogP contribution in [0.3, 0.4) is 0 Å². The van der Waals surface area contributed by atoms with Crippen molar-refractivity contribution in [2.45, 2.75) is 26.4 Å². The molecule has 1 aromatic heterocycles. The lowest BCUT2D eigenvalue weighted by Gasteiger charge is -2.10. The van der Waals surface area contributed by atoms with Gasteiger partial charge in [0, 0.05) is 12.1 Å². The summed E-state index contributed by atoms with van der Waals surface area (Å²) in [7, 11) is 1.59. The zero-order valence-electron chi connectivity index (χ0n) is 11.3. The number of methoxy groups -OCH3 is 1. The number of nitrogens with zero attached hydrogens (tertiary/aromatic N) is 2. The Balaban J connectivity index is 2.36. The Bertz CT molecular complexity index is 604. The smallest absolute Gasteiger partial charge is 0.240 e. The summed E-state index contributed by atoms with van der Waals surface area (Å²) in [5.41, 5.74) is 7.39. The van der Waals surface area contributed by atoms with Gasteiger partial charge in [0.05, 0.1) is 18.1 Å². The normalized spacial score (nSPS) is 10.9. The maximum Gasteiger partial charge on any atom is 0.240 e. The lowest BCUT2D eigenvalue weighted by molar-refractivity contribution is -0.122. The van der Waals surface area contributed by atoms with Crippen LogP contribution in [0.15, 0.2) is 18.2 Å².